The Balaban J connectivity index is 1.80. The van der Waals surface area contributed by atoms with Gasteiger partial charge in [-0.15, -0.1) is 0 Å². The van der Waals surface area contributed by atoms with E-state index in [1.54, 1.807) is 37.3 Å². The van der Waals surface area contributed by atoms with Gasteiger partial charge in [0.25, 0.3) is 5.56 Å². The van der Waals surface area contributed by atoms with Crippen LogP contribution in [0.25, 0.3) is 0 Å². The van der Waals surface area contributed by atoms with Crippen LogP contribution < -0.4 is 16.0 Å². The Hall–Kier alpha value is -3.65. The molecule has 0 saturated carbocycles. The molecule has 3 aromatic rings. The second kappa shape index (κ2) is 7.93. The average Bonchev–Trinajstić information content (AvgIpc) is 2.63. The summed E-state index contributed by atoms with van der Waals surface area (Å²) in [6.07, 6.45) is 1.47. The molecule has 0 spiro atoms. The van der Waals surface area contributed by atoms with Crippen molar-refractivity contribution in [3.63, 3.8) is 0 Å². The number of hydrogen-bond acceptors (Lipinski definition) is 6. The van der Waals surface area contributed by atoms with Crippen LogP contribution in [-0.2, 0) is 0 Å². The normalized spacial score (nSPS) is 10.9. The van der Waals surface area contributed by atoms with Crippen molar-refractivity contribution in [1.29, 1.82) is 0 Å². The monoisotopic (exact) mass is 398 g/mol. The van der Waals surface area contributed by atoms with E-state index in [9.17, 15) is 14.9 Å². The SMILES string of the molecule is Cc1cc(N)n(/N=C\c2ccc(Oc3ccc(Cl)cc3[N+](=O)[O-])cc2)c(=O)c1. The van der Waals surface area contributed by atoms with Gasteiger partial charge >= 0.3 is 5.69 Å². The minimum atomic E-state index is -0.564. The van der Waals surface area contributed by atoms with E-state index >= 15 is 0 Å². The highest BCUT2D eigenvalue weighted by molar-refractivity contribution is 6.30. The molecule has 0 fully saturated rings. The molecule has 28 heavy (non-hydrogen) atoms. The lowest BCUT2D eigenvalue weighted by Crippen LogP contribution is -2.19. The van der Waals surface area contributed by atoms with E-state index in [-0.39, 0.29) is 27.8 Å². The van der Waals surface area contributed by atoms with Crippen molar-refractivity contribution in [2.75, 3.05) is 5.73 Å². The van der Waals surface area contributed by atoms with Crippen molar-refractivity contribution >= 4 is 29.3 Å². The molecule has 0 saturated heterocycles. The number of nitrogens with two attached hydrogens (primary N) is 1. The van der Waals surface area contributed by atoms with Crippen LogP contribution in [0.15, 0.2) is 64.5 Å². The van der Waals surface area contributed by atoms with Crippen LogP contribution in [0, 0.1) is 17.0 Å². The molecule has 9 heteroatoms. The zero-order chi connectivity index (χ0) is 20.3. The fourth-order valence-corrected chi connectivity index (χ4v) is 2.60. The third-order valence-electron chi connectivity index (χ3n) is 3.73. The van der Waals surface area contributed by atoms with Crippen molar-refractivity contribution in [2.45, 2.75) is 6.92 Å². The minimum absolute atomic E-state index is 0.0785. The predicted octanol–water partition coefficient (Wildman–Crippen LogP) is 3.98. The highest BCUT2D eigenvalue weighted by atomic mass is 35.5. The molecule has 0 unspecified atom stereocenters. The van der Waals surface area contributed by atoms with Gasteiger partial charge in [0.15, 0.2) is 0 Å². The number of pyridine rings is 1. The van der Waals surface area contributed by atoms with Gasteiger partial charge in [-0.25, -0.2) is 0 Å². The smallest absolute Gasteiger partial charge is 0.313 e. The van der Waals surface area contributed by atoms with Crippen LogP contribution in [0.1, 0.15) is 11.1 Å². The number of anilines is 1. The first-order valence-electron chi connectivity index (χ1n) is 8.09. The van der Waals surface area contributed by atoms with Crippen molar-refractivity contribution < 1.29 is 9.66 Å². The summed E-state index contributed by atoms with van der Waals surface area (Å²) < 4.78 is 6.67. The number of nitrogens with zero attached hydrogens (tertiary/aromatic N) is 3. The number of aryl methyl sites for hydroxylation is 1. The molecule has 0 amide bonds. The van der Waals surface area contributed by atoms with Gasteiger partial charge in [0.05, 0.1) is 11.1 Å². The summed E-state index contributed by atoms with van der Waals surface area (Å²) in [7, 11) is 0. The van der Waals surface area contributed by atoms with E-state index in [0.29, 0.717) is 11.3 Å². The van der Waals surface area contributed by atoms with Gasteiger partial charge in [-0.05, 0) is 60.5 Å². The van der Waals surface area contributed by atoms with Gasteiger partial charge < -0.3 is 10.5 Å². The zero-order valence-electron chi connectivity index (χ0n) is 14.7. The van der Waals surface area contributed by atoms with E-state index in [4.69, 9.17) is 22.1 Å². The fraction of sp³-hybridized carbons (Fsp3) is 0.0526. The lowest BCUT2D eigenvalue weighted by molar-refractivity contribution is -0.385. The number of hydrogen-bond donors (Lipinski definition) is 1. The summed E-state index contributed by atoms with van der Waals surface area (Å²) >= 11 is 5.79. The Morgan fingerprint density at radius 1 is 1.18 bits per heavy atom. The highest BCUT2D eigenvalue weighted by Crippen LogP contribution is 2.33. The molecule has 0 aliphatic carbocycles. The Bertz CT molecular complexity index is 1120. The second-order valence-corrected chi connectivity index (χ2v) is 6.33. The number of nitro groups is 1. The number of aromatic nitrogens is 1. The van der Waals surface area contributed by atoms with Crippen molar-refractivity contribution in [1.82, 2.24) is 4.68 Å². The molecule has 0 atom stereocenters. The highest BCUT2D eigenvalue weighted by Gasteiger charge is 2.16. The first kappa shape index (κ1) is 19.1. The number of rotatable bonds is 5. The molecular formula is C19H15ClN4O4. The third-order valence-corrected chi connectivity index (χ3v) is 3.96. The lowest BCUT2D eigenvalue weighted by Gasteiger charge is -2.07. The van der Waals surface area contributed by atoms with Crippen LogP contribution in [0.5, 0.6) is 11.5 Å². The number of ether oxygens (including phenoxy) is 1. The molecule has 0 radical (unpaired) electrons. The molecule has 2 N–H and O–H groups in total. The molecule has 0 aliphatic rings. The Morgan fingerprint density at radius 2 is 1.89 bits per heavy atom. The topological polar surface area (TPSA) is 113 Å². The maximum Gasteiger partial charge on any atom is 0.313 e. The second-order valence-electron chi connectivity index (χ2n) is 5.89. The van der Waals surface area contributed by atoms with E-state index in [2.05, 4.69) is 5.10 Å². The van der Waals surface area contributed by atoms with Gasteiger partial charge in [-0.1, -0.05) is 11.6 Å². The Kier molecular flexibility index (Phi) is 5.42. The maximum absolute atomic E-state index is 11.9. The summed E-state index contributed by atoms with van der Waals surface area (Å²) in [5, 5.41) is 15.5. The molecule has 8 nitrogen and oxygen atoms in total. The van der Waals surface area contributed by atoms with Gasteiger partial charge in [0, 0.05) is 17.2 Å². The summed E-state index contributed by atoms with van der Waals surface area (Å²) in [4.78, 5) is 22.5. The maximum atomic E-state index is 11.9. The third kappa shape index (κ3) is 4.36. The Morgan fingerprint density at radius 3 is 2.54 bits per heavy atom. The molecule has 3 rings (SSSR count). The minimum Gasteiger partial charge on any atom is -0.450 e. The molecule has 0 aliphatic heterocycles. The first-order valence-corrected chi connectivity index (χ1v) is 8.46. The van der Waals surface area contributed by atoms with E-state index in [1.807, 2.05) is 0 Å². The van der Waals surface area contributed by atoms with Gasteiger partial charge in [0.1, 0.15) is 11.6 Å². The molecule has 0 bridgehead atoms. The van der Waals surface area contributed by atoms with Crippen molar-refractivity contribution in [3.8, 4) is 11.5 Å². The quantitative estimate of drug-likeness (QED) is 0.397. The largest absolute Gasteiger partial charge is 0.450 e. The van der Waals surface area contributed by atoms with E-state index < -0.39 is 4.92 Å². The van der Waals surface area contributed by atoms with Crippen molar-refractivity contribution in [3.05, 3.63) is 91.2 Å². The van der Waals surface area contributed by atoms with Crippen LogP contribution in [0.2, 0.25) is 5.02 Å². The molecule has 1 heterocycles. The number of halogens is 1. The van der Waals surface area contributed by atoms with E-state index in [0.717, 1.165) is 10.2 Å². The van der Waals surface area contributed by atoms with Crippen LogP contribution in [-0.4, -0.2) is 15.8 Å². The Labute approximate surface area is 164 Å². The summed E-state index contributed by atoms with van der Waals surface area (Å²) in [5.41, 5.74) is 6.69. The van der Waals surface area contributed by atoms with Crippen molar-refractivity contribution in [2.24, 2.45) is 5.10 Å². The summed E-state index contributed by atoms with van der Waals surface area (Å²) in [6, 6.07) is 13.9. The molecule has 1 aromatic heterocycles. The van der Waals surface area contributed by atoms with Gasteiger partial charge in [-0.2, -0.15) is 9.78 Å². The first-order chi connectivity index (χ1) is 13.3. The summed E-state index contributed by atoms with van der Waals surface area (Å²) in [6.45, 7) is 1.77. The van der Waals surface area contributed by atoms with Crippen LogP contribution >= 0.6 is 11.6 Å². The molecule has 2 aromatic carbocycles. The number of nitrogen functional groups attached to an aromatic ring is 1. The standard InChI is InChI=1S/C19H15ClN4O4/c1-12-8-18(21)23(19(25)9-12)22-11-13-2-5-15(6-3-13)28-17-7-4-14(20)10-16(17)24(26)27/h2-11H,21H2,1H3/b22-11-. The van der Waals surface area contributed by atoms with Crippen LogP contribution in [0.3, 0.4) is 0 Å². The van der Waals surface area contributed by atoms with Gasteiger partial charge in [-0.3, -0.25) is 14.9 Å². The number of benzene rings is 2. The summed E-state index contributed by atoms with van der Waals surface area (Å²) in [5.74, 6) is 0.709. The molecular weight excluding hydrogens is 384 g/mol. The predicted molar refractivity (Wildman–Crippen MR) is 107 cm³/mol. The zero-order valence-corrected chi connectivity index (χ0v) is 15.5. The molecule has 142 valence electrons. The lowest BCUT2D eigenvalue weighted by atomic mass is 10.2. The fourth-order valence-electron chi connectivity index (χ4n) is 2.44. The number of nitro benzene ring substituents is 1. The van der Waals surface area contributed by atoms with Gasteiger partial charge in [0.2, 0.25) is 5.75 Å². The average molecular weight is 399 g/mol. The van der Waals surface area contributed by atoms with Crippen LogP contribution in [0.4, 0.5) is 11.5 Å². The van der Waals surface area contributed by atoms with E-state index in [1.165, 1.54) is 30.5 Å².